The van der Waals surface area contributed by atoms with Crippen molar-refractivity contribution in [1.29, 1.82) is 0 Å². The number of aryl methyl sites for hydroxylation is 1. The number of guanidine groups is 1. The molecule has 0 radical (unpaired) electrons. The van der Waals surface area contributed by atoms with E-state index in [2.05, 4.69) is 65.7 Å². The Morgan fingerprint density at radius 1 is 0.725 bits per heavy atom. The van der Waals surface area contributed by atoms with Crippen LogP contribution < -0.4 is 11.5 Å². The molecular weight excluding hydrogens is 638 g/mol. The molecule has 2 aromatic carbocycles. The Hall–Kier alpha value is -2.94. The number of nitrogens with zero attached hydrogens (tertiary/aromatic N) is 1. The van der Waals surface area contributed by atoms with Crippen molar-refractivity contribution in [3.05, 3.63) is 71.8 Å². The highest BCUT2D eigenvalue weighted by Gasteiger charge is 2.29. The van der Waals surface area contributed by atoms with Crippen LogP contribution in [0.1, 0.15) is 130 Å². The summed E-state index contributed by atoms with van der Waals surface area (Å²) >= 11 is 0. The van der Waals surface area contributed by atoms with Crippen molar-refractivity contribution in [3.8, 4) is 0 Å². The van der Waals surface area contributed by atoms with Gasteiger partial charge < -0.3 is 31.2 Å². The molecule has 288 valence electrons. The standard InChI is InChI=1S/C43H71N3O5/c1-42(2,3)50-32-38(40(49)51-43(4,5)6)27-25-37(26-28-39(47)48)31-36(22-15-29-46-41(44)45)24-23-35(30-34-19-11-8-12-20-34)21-14-13-18-33-16-9-7-10-17-33/h7-12,16-17,19-20,35-38,40,49H,13-15,18,21-32H2,1-6H3,(H,47,48)(H4,44,45,46)/t35-,36+,37+,38-,40?/m0/s1. The van der Waals surface area contributed by atoms with Crippen molar-refractivity contribution in [3.63, 3.8) is 0 Å². The summed E-state index contributed by atoms with van der Waals surface area (Å²) in [5.74, 6) is 0.314. The molecular formula is C43H71N3O5. The van der Waals surface area contributed by atoms with E-state index in [4.69, 9.17) is 20.9 Å². The van der Waals surface area contributed by atoms with Crippen LogP contribution in [0, 0.1) is 23.7 Å². The van der Waals surface area contributed by atoms with Crippen molar-refractivity contribution < 1.29 is 24.5 Å². The number of carboxylic acids is 1. The highest BCUT2D eigenvalue weighted by Crippen LogP contribution is 2.33. The maximum atomic E-state index is 11.8. The van der Waals surface area contributed by atoms with Gasteiger partial charge in [-0.25, -0.2) is 0 Å². The van der Waals surface area contributed by atoms with Gasteiger partial charge in [0.25, 0.3) is 0 Å². The number of aliphatic imine (C=N–C) groups is 1. The van der Waals surface area contributed by atoms with Crippen LogP contribution >= 0.6 is 0 Å². The fourth-order valence-corrected chi connectivity index (χ4v) is 6.89. The van der Waals surface area contributed by atoms with Crippen LogP contribution in [0.25, 0.3) is 0 Å². The lowest BCUT2D eigenvalue weighted by Gasteiger charge is -2.33. The lowest BCUT2D eigenvalue weighted by Crippen LogP contribution is -2.37. The fourth-order valence-electron chi connectivity index (χ4n) is 6.89. The molecule has 51 heavy (non-hydrogen) atoms. The van der Waals surface area contributed by atoms with Crippen molar-refractivity contribution >= 4 is 11.9 Å². The predicted molar refractivity (Wildman–Crippen MR) is 211 cm³/mol. The SMILES string of the molecule is CC(C)(C)OC[C@H](CC[C@H](CCC(=O)O)C[C@H](CCCN=C(N)N)CC[C@H](CCCCc1ccccc1)Cc1ccccc1)C(O)OC(C)(C)C. The first-order valence-electron chi connectivity index (χ1n) is 19.4. The number of carboxylic acid groups (broad SMARTS) is 1. The summed E-state index contributed by atoms with van der Waals surface area (Å²) in [6, 6.07) is 21.6. The van der Waals surface area contributed by atoms with Crippen molar-refractivity contribution in [2.45, 2.75) is 149 Å². The molecule has 0 fully saturated rings. The zero-order valence-corrected chi connectivity index (χ0v) is 32.7. The zero-order valence-electron chi connectivity index (χ0n) is 32.7. The molecule has 0 aliphatic rings. The van der Waals surface area contributed by atoms with Crippen LogP contribution in [0.3, 0.4) is 0 Å². The number of aliphatic carboxylic acids is 1. The Morgan fingerprint density at radius 3 is 1.88 bits per heavy atom. The largest absolute Gasteiger partial charge is 0.481 e. The van der Waals surface area contributed by atoms with E-state index in [1.165, 1.54) is 30.4 Å². The maximum absolute atomic E-state index is 11.8. The van der Waals surface area contributed by atoms with Crippen molar-refractivity contribution in [1.82, 2.24) is 0 Å². The molecule has 0 bridgehead atoms. The van der Waals surface area contributed by atoms with Crippen LogP contribution in [-0.4, -0.2) is 52.8 Å². The molecule has 2 aromatic rings. The summed E-state index contributed by atoms with van der Waals surface area (Å²) < 4.78 is 12.1. The molecule has 0 saturated heterocycles. The molecule has 2 rings (SSSR count). The third-order valence-electron chi connectivity index (χ3n) is 9.57. The topological polar surface area (TPSA) is 140 Å². The number of aliphatic hydroxyl groups excluding tert-OH is 1. The molecule has 0 aliphatic carbocycles. The summed E-state index contributed by atoms with van der Waals surface area (Å²) in [6.07, 6.45) is 12.0. The van der Waals surface area contributed by atoms with E-state index in [-0.39, 0.29) is 29.8 Å². The minimum atomic E-state index is -0.969. The minimum Gasteiger partial charge on any atom is -0.481 e. The van der Waals surface area contributed by atoms with Gasteiger partial charge in [-0.2, -0.15) is 0 Å². The van der Waals surface area contributed by atoms with Crippen LogP contribution in [-0.2, 0) is 27.1 Å². The Balaban J connectivity index is 2.19. The van der Waals surface area contributed by atoms with Gasteiger partial charge in [0.05, 0.1) is 17.8 Å². The number of hydrogen-bond acceptors (Lipinski definition) is 5. The summed E-state index contributed by atoms with van der Waals surface area (Å²) in [6.45, 7) is 12.8. The van der Waals surface area contributed by atoms with Crippen LogP contribution in [0.4, 0.5) is 0 Å². The lowest BCUT2D eigenvalue weighted by atomic mass is 9.79. The first kappa shape index (κ1) is 44.2. The Labute approximate surface area is 309 Å². The molecule has 0 amide bonds. The molecule has 8 nitrogen and oxygen atoms in total. The van der Waals surface area contributed by atoms with E-state index in [1.807, 2.05) is 41.5 Å². The zero-order chi connectivity index (χ0) is 37.7. The summed E-state index contributed by atoms with van der Waals surface area (Å²) in [7, 11) is 0. The minimum absolute atomic E-state index is 0.115. The number of benzene rings is 2. The normalized spacial score (nSPS) is 15.1. The number of hydrogen-bond donors (Lipinski definition) is 4. The number of carbonyl (C=O) groups is 1. The quantitative estimate of drug-likeness (QED) is 0.0331. The number of unbranched alkanes of at least 4 members (excludes halogenated alkanes) is 1. The second-order valence-electron chi connectivity index (χ2n) is 16.6. The molecule has 1 unspecified atom stereocenters. The van der Waals surface area contributed by atoms with Crippen LogP contribution in [0.2, 0.25) is 0 Å². The van der Waals surface area contributed by atoms with Gasteiger partial charge in [0.15, 0.2) is 12.2 Å². The number of aliphatic hydroxyl groups is 1. The van der Waals surface area contributed by atoms with Gasteiger partial charge in [0.2, 0.25) is 0 Å². The van der Waals surface area contributed by atoms with Gasteiger partial charge in [-0.05, 0) is 135 Å². The van der Waals surface area contributed by atoms with Gasteiger partial charge in [0.1, 0.15) is 0 Å². The maximum Gasteiger partial charge on any atom is 0.303 e. The summed E-state index contributed by atoms with van der Waals surface area (Å²) in [5.41, 5.74) is 13.2. The first-order valence-corrected chi connectivity index (χ1v) is 19.4. The second-order valence-corrected chi connectivity index (χ2v) is 16.6. The molecule has 0 saturated carbocycles. The van der Waals surface area contributed by atoms with E-state index in [0.29, 0.717) is 37.8 Å². The third-order valence-corrected chi connectivity index (χ3v) is 9.57. The van der Waals surface area contributed by atoms with Gasteiger partial charge in [-0.1, -0.05) is 79.9 Å². The molecule has 8 heteroatoms. The second kappa shape index (κ2) is 23.6. The predicted octanol–water partition coefficient (Wildman–Crippen LogP) is 8.92. The average Bonchev–Trinajstić information content (AvgIpc) is 3.05. The molecule has 6 N–H and O–H groups in total. The molecule has 0 aromatic heterocycles. The molecule has 0 heterocycles. The Morgan fingerprint density at radius 2 is 1.29 bits per heavy atom. The third kappa shape index (κ3) is 22.6. The van der Waals surface area contributed by atoms with E-state index < -0.39 is 17.9 Å². The van der Waals surface area contributed by atoms with Crippen LogP contribution in [0.5, 0.6) is 0 Å². The van der Waals surface area contributed by atoms with Gasteiger partial charge >= 0.3 is 5.97 Å². The van der Waals surface area contributed by atoms with Crippen molar-refractivity contribution in [2.24, 2.45) is 40.1 Å². The van der Waals surface area contributed by atoms with E-state index in [1.54, 1.807) is 0 Å². The number of nitrogens with two attached hydrogens (primary N) is 2. The Bertz CT molecular complexity index is 1220. The fraction of sp³-hybridized carbons (Fsp3) is 0.674. The molecule has 0 spiro atoms. The monoisotopic (exact) mass is 710 g/mol. The van der Waals surface area contributed by atoms with Gasteiger partial charge in [-0.3, -0.25) is 9.79 Å². The lowest BCUT2D eigenvalue weighted by molar-refractivity contribution is -0.207. The number of ether oxygens (including phenoxy) is 2. The summed E-state index contributed by atoms with van der Waals surface area (Å²) in [4.78, 5) is 16.0. The average molecular weight is 710 g/mol. The van der Waals surface area contributed by atoms with E-state index in [0.717, 1.165) is 51.4 Å². The highest BCUT2D eigenvalue weighted by molar-refractivity contribution is 5.75. The van der Waals surface area contributed by atoms with Crippen molar-refractivity contribution in [2.75, 3.05) is 13.2 Å². The number of rotatable bonds is 26. The van der Waals surface area contributed by atoms with E-state index in [9.17, 15) is 15.0 Å². The highest BCUT2D eigenvalue weighted by atomic mass is 16.6. The summed E-state index contributed by atoms with van der Waals surface area (Å²) in [5, 5.41) is 20.8. The Kier molecular flexibility index (Phi) is 20.5. The molecule has 0 aliphatic heterocycles. The van der Waals surface area contributed by atoms with Gasteiger partial charge in [-0.15, -0.1) is 0 Å². The van der Waals surface area contributed by atoms with E-state index >= 15 is 0 Å². The smallest absolute Gasteiger partial charge is 0.303 e. The van der Waals surface area contributed by atoms with Gasteiger partial charge in [0, 0.05) is 18.9 Å². The molecule has 5 atom stereocenters. The van der Waals surface area contributed by atoms with Crippen LogP contribution in [0.15, 0.2) is 65.7 Å². The first-order chi connectivity index (χ1) is 24.1.